The molecule has 1 amide bonds. The summed E-state index contributed by atoms with van der Waals surface area (Å²) in [5.74, 6) is -1.01. The van der Waals surface area contributed by atoms with Gasteiger partial charge in [0.15, 0.2) is 0 Å². The number of hydrogen-bond acceptors (Lipinski definition) is 5. The number of ether oxygens (including phenoxy) is 2. The molecule has 1 N–H and O–H groups in total. The van der Waals surface area contributed by atoms with E-state index in [2.05, 4.69) is 6.92 Å². The molecule has 2 aromatic carbocycles. The number of rotatable bonds is 7. The Morgan fingerprint density at radius 1 is 1.10 bits per heavy atom. The summed E-state index contributed by atoms with van der Waals surface area (Å²) < 4.78 is 10.3. The van der Waals surface area contributed by atoms with Crippen molar-refractivity contribution in [2.24, 2.45) is 0 Å². The van der Waals surface area contributed by atoms with E-state index in [0.29, 0.717) is 11.3 Å². The van der Waals surface area contributed by atoms with E-state index in [0.717, 1.165) is 17.5 Å². The molecule has 0 aromatic heterocycles. The fraction of sp³-hybridized carbons (Fsp3) is 0.304. The van der Waals surface area contributed by atoms with Crippen LogP contribution in [-0.2, 0) is 20.7 Å². The largest absolute Gasteiger partial charge is 0.507 e. The fourth-order valence-corrected chi connectivity index (χ4v) is 3.51. The highest BCUT2D eigenvalue weighted by Gasteiger charge is 2.45. The normalized spacial score (nSPS) is 18.3. The Hall–Kier alpha value is -3.12. The highest BCUT2D eigenvalue weighted by Crippen LogP contribution is 2.39. The number of Topliss-reactive ketones (excluding diaryl/α,β-unsaturated/α-hetero) is 1. The molecule has 0 radical (unpaired) electrons. The van der Waals surface area contributed by atoms with Gasteiger partial charge in [-0.05, 0) is 29.7 Å². The number of methoxy groups -OCH3 is 2. The Balaban J connectivity index is 2.14. The van der Waals surface area contributed by atoms with Gasteiger partial charge in [-0.2, -0.15) is 0 Å². The topological polar surface area (TPSA) is 76.1 Å². The van der Waals surface area contributed by atoms with Crippen molar-refractivity contribution in [2.45, 2.75) is 19.4 Å². The second kappa shape index (κ2) is 8.92. The van der Waals surface area contributed by atoms with Gasteiger partial charge in [0.25, 0.3) is 11.7 Å². The van der Waals surface area contributed by atoms with Crippen molar-refractivity contribution in [3.63, 3.8) is 0 Å². The number of aryl methyl sites for hydroxylation is 1. The number of aliphatic hydroxyl groups is 1. The summed E-state index contributed by atoms with van der Waals surface area (Å²) >= 11 is 0. The minimum Gasteiger partial charge on any atom is -0.507 e. The Bertz CT molecular complexity index is 933. The molecule has 6 nitrogen and oxygen atoms in total. The van der Waals surface area contributed by atoms with Crippen LogP contribution in [0.4, 0.5) is 0 Å². The molecular formula is C23H25NO5. The fourth-order valence-electron chi connectivity index (χ4n) is 3.51. The molecule has 0 spiro atoms. The van der Waals surface area contributed by atoms with Crippen LogP contribution in [-0.4, -0.2) is 49.1 Å². The first-order valence-electron chi connectivity index (χ1n) is 9.52. The average Bonchev–Trinajstić information content (AvgIpc) is 3.02. The molecule has 1 fully saturated rings. The van der Waals surface area contributed by atoms with Gasteiger partial charge in [0.2, 0.25) is 0 Å². The first-order chi connectivity index (χ1) is 14.0. The molecule has 1 saturated heterocycles. The molecule has 1 unspecified atom stereocenters. The summed E-state index contributed by atoms with van der Waals surface area (Å²) in [6.45, 7) is 2.59. The number of carbonyl (C=O) groups is 2. The molecular weight excluding hydrogens is 370 g/mol. The van der Waals surface area contributed by atoms with Crippen LogP contribution >= 0.6 is 0 Å². The quantitative estimate of drug-likeness (QED) is 0.442. The molecule has 0 saturated carbocycles. The van der Waals surface area contributed by atoms with Gasteiger partial charge in [-0.15, -0.1) is 0 Å². The molecule has 29 heavy (non-hydrogen) atoms. The zero-order valence-corrected chi connectivity index (χ0v) is 16.8. The summed E-state index contributed by atoms with van der Waals surface area (Å²) in [6, 6.07) is 13.8. The van der Waals surface area contributed by atoms with Crippen LogP contribution in [0.1, 0.15) is 29.7 Å². The van der Waals surface area contributed by atoms with Crippen LogP contribution in [0.25, 0.3) is 5.76 Å². The van der Waals surface area contributed by atoms with Crippen molar-refractivity contribution >= 4 is 17.4 Å². The lowest BCUT2D eigenvalue weighted by Gasteiger charge is -2.25. The molecule has 152 valence electrons. The second-order valence-corrected chi connectivity index (χ2v) is 6.81. The first-order valence-corrected chi connectivity index (χ1v) is 9.52. The molecule has 6 heteroatoms. The van der Waals surface area contributed by atoms with E-state index in [1.54, 1.807) is 24.3 Å². The van der Waals surface area contributed by atoms with Gasteiger partial charge in [-0.1, -0.05) is 43.3 Å². The van der Waals surface area contributed by atoms with Crippen LogP contribution in [0.2, 0.25) is 0 Å². The Labute approximate surface area is 170 Å². The first kappa shape index (κ1) is 20.6. The molecule has 1 aliphatic heterocycles. The predicted molar refractivity (Wildman–Crippen MR) is 110 cm³/mol. The maximum atomic E-state index is 12.9. The third kappa shape index (κ3) is 4.03. The van der Waals surface area contributed by atoms with Crippen LogP contribution in [0, 0.1) is 0 Å². The minimum absolute atomic E-state index is 0.0728. The maximum absolute atomic E-state index is 12.9. The molecule has 1 heterocycles. The Morgan fingerprint density at radius 3 is 2.45 bits per heavy atom. The zero-order valence-electron chi connectivity index (χ0n) is 16.8. The number of ketones is 1. The summed E-state index contributed by atoms with van der Waals surface area (Å²) in [7, 11) is 3.07. The molecule has 2 aromatic rings. The number of nitrogens with zero attached hydrogens (tertiary/aromatic N) is 1. The Kier molecular flexibility index (Phi) is 6.34. The van der Waals surface area contributed by atoms with E-state index in [9.17, 15) is 14.7 Å². The van der Waals surface area contributed by atoms with Crippen molar-refractivity contribution in [3.05, 3.63) is 70.8 Å². The van der Waals surface area contributed by atoms with Crippen LogP contribution in [0.15, 0.2) is 54.1 Å². The van der Waals surface area contributed by atoms with Crippen LogP contribution < -0.4 is 4.74 Å². The monoisotopic (exact) mass is 395 g/mol. The molecule has 1 aliphatic rings. The third-order valence-corrected chi connectivity index (χ3v) is 5.12. The number of hydrogen-bond donors (Lipinski definition) is 1. The SMILES string of the molecule is CCc1ccc(C2/C(=C(/O)c3cccc(OC)c3)C(=O)C(=O)N2CCOC)cc1. The maximum Gasteiger partial charge on any atom is 0.295 e. The molecule has 0 aliphatic carbocycles. The summed E-state index contributed by atoms with van der Waals surface area (Å²) in [5.41, 5.74) is 2.41. The molecule has 3 rings (SSSR count). The third-order valence-electron chi connectivity index (χ3n) is 5.12. The number of amides is 1. The van der Waals surface area contributed by atoms with Gasteiger partial charge in [0, 0.05) is 19.2 Å². The second-order valence-electron chi connectivity index (χ2n) is 6.81. The van der Waals surface area contributed by atoms with Crippen molar-refractivity contribution < 1.29 is 24.2 Å². The van der Waals surface area contributed by atoms with E-state index in [1.165, 1.54) is 19.1 Å². The van der Waals surface area contributed by atoms with Crippen molar-refractivity contribution in [1.29, 1.82) is 0 Å². The van der Waals surface area contributed by atoms with Gasteiger partial charge in [-0.3, -0.25) is 9.59 Å². The van der Waals surface area contributed by atoms with Crippen LogP contribution in [0.5, 0.6) is 5.75 Å². The van der Waals surface area contributed by atoms with E-state index in [1.807, 2.05) is 24.3 Å². The zero-order chi connectivity index (χ0) is 21.0. The van der Waals surface area contributed by atoms with Gasteiger partial charge in [0.1, 0.15) is 11.5 Å². The van der Waals surface area contributed by atoms with Crippen molar-refractivity contribution in [3.8, 4) is 5.75 Å². The summed E-state index contributed by atoms with van der Waals surface area (Å²) in [5, 5.41) is 11.0. The number of likely N-dealkylation sites (tertiary alicyclic amines) is 1. The Morgan fingerprint density at radius 2 is 1.83 bits per heavy atom. The van der Waals surface area contributed by atoms with E-state index in [4.69, 9.17) is 9.47 Å². The highest BCUT2D eigenvalue weighted by molar-refractivity contribution is 6.46. The van der Waals surface area contributed by atoms with Crippen molar-refractivity contribution in [1.82, 2.24) is 4.90 Å². The van der Waals surface area contributed by atoms with Crippen molar-refractivity contribution in [2.75, 3.05) is 27.4 Å². The smallest absolute Gasteiger partial charge is 0.295 e. The van der Waals surface area contributed by atoms with E-state index < -0.39 is 17.7 Å². The van der Waals surface area contributed by atoms with Crippen LogP contribution in [0.3, 0.4) is 0 Å². The number of aliphatic hydroxyl groups excluding tert-OH is 1. The van der Waals surface area contributed by atoms with Gasteiger partial charge in [0.05, 0.1) is 25.3 Å². The molecule has 0 bridgehead atoms. The average molecular weight is 395 g/mol. The van der Waals surface area contributed by atoms with E-state index >= 15 is 0 Å². The molecule has 1 atom stereocenters. The van der Waals surface area contributed by atoms with Gasteiger partial charge < -0.3 is 19.5 Å². The van der Waals surface area contributed by atoms with Gasteiger partial charge in [-0.25, -0.2) is 0 Å². The highest BCUT2D eigenvalue weighted by atomic mass is 16.5. The summed E-state index contributed by atoms with van der Waals surface area (Å²) in [4.78, 5) is 27.1. The lowest BCUT2D eigenvalue weighted by Crippen LogP contribution is -2.32. The standard InChI is InChI=1S/C23H25NO5/c1-4-15-8-10-16(11-9-15)20-19(22(26)23(27)24(20)12-13-28-2)21(25)17-6-5-7-18(14-17)29-3/h5-11,14,20,25H,4,12-13H2,1-3H3/b21-19-. The number of carbonyl (C=O) groups excluding carboxylic acids is 2. The van der Waals surface area contributed by atoms with E-state index in [-0.39, 0.29) is 24.5 Å². The minimum atomic E-state index is -0.703. The predicted octanol–water partition coefficient (Wildman–Crippen LogP) is 3.33. The summed E-state index contributed by atoms with van der Waals surface area (Å²) in [6.07, 6.45) is 0.883. The lowest BCUT2D eigenvalue weighted by molar-refractivity contribution is -0.140. The lowest BCUT2D eigenvalue weighted by atomic mass is 9.94. The number of benzene rings is 2. The van der Waals surface area contributed by atoms with Gasteiger partial charge >= 0.3 is 0 Å².